The molecule has 0 unspecified atom stereocenters. The van der Waals surface area contributed by atoms with Gasteiger partial charge in [0.05, 0.1) is 7.11 Å². The van der Waals surface area contributed by atoms with Crippen molar-refractivity contribution < 1.29 is 23.8 Å². The van der Waals surface area contributed by atoms with Gasteiger partial charge in [-0.2, -0.15) is 0 Å². The first-order valence-electron chi connectivity index (χ1n) is 8.99. The number of carbonyl (C=O) groups is 2. The van der Waals surface area contributed by atoms with Gasteiger partial charge in [-0.05, 0) is 54.1 Å². The zero-order valence-electron chi connectivity index (χ0n) is 15.8. The number of phenols is 1. The van der Waals surface area contributed by atoms with Crippen LogP contribution in [0, 0.1) is 5.82 Å². The van der Waals surface area contributed by atoms with Crippen molar-refractivity contribution in [3.63, 3.8) is 0 Å². The highest BCUT2D eigenvalue weighted by atomic mass is 19.1. The molecule has 3 aromatic rings. The number of methoxy groups -OCH3 is 1. The average Bonchev–Trinajstić information content (AvgIpc) is 2.74. The topological polar surface area (TPSA) is 75.6 Å². The van der Waals surface area contributed by atoms with E-state index in [0.29, 0.717) is 23.2 Å². The second kappa shape index (κ2) is 9.01. The smallest absolute Gasteiger partial charge is 0.328 e. The van der Waals surface area contributed by atoms with E-state index < -0.39 is 17.8 Å². The van der Waals surface area contributed by atoms with Crippen LogP contribution in [0.25, 0.3) is 0 Å². The van der Waals surface area contributed by atoms with Gasteiger partial charge in [0, 0.05) is 23.2 Å². The van der Waals surface area contributed by atoms with Crippen molar-refractivity contribution in [3.05, 3.63) is 95.3 Å². The van der Waals surface area contributed by atoms with Crippen LogP contribution in [-0.4, -0.2) is 30.0 Å². The highest BCUT2D eigenvalue weighted by Gasteiger charge is 2.22. The van der Waals surface area contributed by atoms with Gasteiger partial charge in [-0.1, -0.05) is 24.3 Å². The fourth-order valence-electron chi connectivity index (χ4n) is 2.95. The molecule has 0 aliphatic rings. The Morgan fingerprint density at radius 2 is 1.66 bits per heavy atom. The standard InChI is InChI=1S/C23H20FNO4/c1-29-23(28)21(14-15-6-12-18(26)13-7-15)25-20-5-3-2-4-19(20)22(27)16-8-10-17(24)11-9-16/h2-13,21,25-26H,14H2,1H3/t21-/m0/s1. The Morgan fingerprint density at radius 3 is 2.31 bits per heavy atom. The van der Waals surface area contributed by atoms with Crippen molar-refractivity contribution in [2.75, 3.05) is 12.4 Å². The van der Waals surface area contributed by atoms with Crippen molar-refractivity contribution in [2.45, 2.75) is 12.5 Å². The summed E-state index contributed by atoms with van der Waals surface area (Å²) in [5, 5.41) is 12.5. The fourth-order valence-corrected chi connectivity index (χ4v) is 2.95. The first-order valence-corrected chi connectivity index (χ1v) is 8.99. The Hall–Kier alpha value is -3.67. The second-order valence-electron chi connectivity index (χ2n) is 6.47. The van der Waals surface area contributed by atoms with Crippen LogP contribution in [0.4, 0.5) is 10.1 Å². The fraction of sp³-hybridized carbons (Fsp3) is 0.130. The van der Waals surface area contributed by atoms with Crippen LogP contribution in [-0.2, 0) is 16.0 Å². The molecule has 0 aliphatic carbocycles. The molecule has 6 heteroatoms. The van der Waals surface area contributed by atoms with Gasteiger partial charge in [-0.3, -0.25) is 4.79 Å². The molecule has 3 aromatic carbocycles. The molecule has 3 rings (SSSR count). The number of carbonyl (C=O) groups excluding carboxylic acids is 2. The molecule has 0 spiro atoms. The molecule has 5 nitrogen and oxygen atoms in total. The number of rotatable bonds is 7. The molecular formula is C23H20FNO4. The quantitative estimate of drug-likeness (QED) is 0.469. The molecule has 148 valence electrons. The predicted octanol–water partition coefficient (Wildman–Crippen LogP) is 3.96. The van der Waals surface area contributed by atoms with Crippen LogP contribution in [0.15, 0.2) is 72.8 Å². The van der Waals surface area contributed by atoms with Gasteiger partial charge in [-0.25, -0.2) is 9.18 Å². The highest BCUT2D eigenvalue weighted by molar-refractivity contribution is 6.12. The minimum atomic E-state index is -0.744. The van der Waals surface area contributed by atoms with E-state index in [1.807, 2.05) is 0 Å². The van der Waals surface area contributed by atoms with Gasteiger partial charge >= 0.3 is 5.97 Å². The number of halogens is 1. The summed E-state index contributed by atoms with van der Waals surface area (Å²) in [5.41, 5.74) is 1.98. The molecule has 0 heterocycles. The number of para-hydroxylation sites is 1. The lowest BCUT2D eigenvalue weighted by molar-refractivity contribution is -0.141. The molecule has 0 radical (unpaired) electrons. The Bertz CT molecular complexity index is 1000. The van der Waals surface area contributed by atoms with Gasteiger partial charge in [-0.15, -0.1) is 0 Å². The number of hydrogen-bond donors (Lipinski definition) is 2. The summed E-state index contributed by atoms with van der Waals surface area (Å²) in [4.78, 5) is 25.2. The average molecular weight is 393 g/mol. The summed E-state index contributed by atoms with van der Waals surface area (Å²) in [5.74, 6) is -1.07. The van der Waals surface area contributed by atoms with Gasteiger partial charge in [0.15, 0.2) is 5.78 Å². The lowest BCUT2D eigenvalue weighted by Crippen LogP contribution is -2.33. The van der Waals surface area contributed by atoms with Gasteiger partial charge in [0.2, 0.25) is 0 Å². The third-order valence-electron chi connectivity index (χ3n) is 4.47. The zero-order chi connectivity index (χ0) is 20.8. The molecule has 0 amide bonds. The third-order valence-corrected chi connectivity index (χ3v) is 4.47. The van der Waals surface area contributed by atoms with Gasteiger partial charge in [0.25, 0.3) is 0 Å². The Labute approximate surface area is 167 Å². The first-order chi connectivity index (χ1) is 14.0. The minimum absolute atomic E-state index is 0.131. The van der Waals surface area contributed by atoms with Gasteiger partial charge in [0.1, 0.15) is 17.6 Å². The summed E-state index contributed by atoms with van der Waals surface area (Å²) < 4.78 is 18.1. The summed E-state index contributed by atoms with van der Waals surface area (Å²) >= 11 is 0. The molecule has 2 N–H and O–H groups in total. The predicted molar refractivity (Wildman–Crippen MR) is 108 cm³/mol. The minimum Gasteiger partial charge on any atom is -0.508 e. The van der Waals surface area contributed by atoms with E-state index in [1.165, 1.54) is 43.5 Å². The molecule has 0 aliphatic heterocycles. The molecular weight excluding hydrogens is 373 g/mol. The number of esters is 1. The van der Waals surface area contributed by atoms with Crippen LogP contribution in [0.1, 0.15) is 21.5 Å². The number of phenolic OH excluding ortho intramolecular Hbond substituents is 1. The second-order valence-corrected chi connectivity index (χ2v) is 6.47. The molecule has 0 fully saturated rings. The number of hydrogen-bond acceptors (Lipinski definition) is 5. The molecule has 29 heavy (non-hydrogen) atoms. The lowest BCUT2D eigenvalue weighted by atomic mass is 10.00. The number of ether oxygens (including phenoxy) is 1. The van der Waals surface area contributed by atoms with Crippen LogP contribution in [0.5, 0.6) is 5.75 Å². The lowest BCUT2D eigenvalue weighted by Gasteiger charge is -2.20. The number of benzene rings is 3. The van der Waals surface area contributed by atoms with Crippen LogP contribution in [0.3, 0.4) is 0 Å². The Balaban J connectivity index is 1.88. The van der Waals surface area contributed by atoms with Crippen molar-refractivity contribution in [2.24, 2.45) is 0 Å². The molecule has 0 bridgehead atoms. The van der Waals surface area contributed by atoms with Crippen molar-refractivity contribution >= 4 is 17.4 Å². The van der Waals surface area contributed by atoms with E-state index in [4.69, 9.17) is 4.74 Å². The SMILES string of the molecule is COC(=O)[C@H](Cc1ccc(O)cc1)Nc1ccccc1C(=O)c1ccc(F)cc1. The summed E-state index contributed by atoms with van der Waals surface area (Å²) in [6.45, 7) is 0. The maximum Gasteiger partial charge on any atom is 0.328 e. The third kappa shape index (κ3) is 4.99. The Morgan fingerprint density at radius 1 is 1.00 bits per heavy atom. The number of ketones is 1. The van der Waals surface area contributed by atoms with Crippen molar-refractivity contribution in [3.8, 4) is 5.75 Å². The van der Waals surface area contributed by atoms with E-state index in [0.717, 1.165) is 5.56 Å². The van der Waals surface area contributed by atoms with E-state index in [-0.39, 0.29) is 11.5 Å². The molecule has 0 aromatic heterocycles. The van der Waals surface area contributed by atoms with E-state index in [2.05, 4.69) is 5.32 Å². The monoisotopic (exact) mass is 393 g/mol. The van der Waals surface area contributed by atoms with Crippen molar-refractivity contribution in [1.82, 2.24) is 0 Å². The Kier molecular flexibility index (Phi) is 6.24. The maximum atomic E-state index is 13.2. The molecule has 0 saturated carbocycles. The van der Waals surface area contributed by atoms with Crippen LogP contribution in [0.2, 0.25) is 0 Å². The van der Waals surface area contributed by atoms with Crippen molar-refractivity contribution in [1.29, 1.82) is 0 Å². The first kappa shape index (κ1) is 20.1. The van der Waals surface area contributed by atoms with Crippen LogP contribution >= 0.6 is 0 Å². The van der Waals surface area contributed by atoms with Crippen LogP contribution < -0.4 is 5.32 Å². The summed E-state index contributed by atoms with van der Waals surface area (Å²) in [7, 11) is 1.30. The molecule has 1 atom stereocenters. The normalized spacial score (nSPS) is 11.5. The zero-order valence-corrected chi connectivity index (χ0v) is 15.8. The largest absolute Gasteiger partial charge is 0.508 e. The molecule has 0 saturated heterocycles. The number of nitrogens with one attached hydrogen (secondary N) is 1. The summed E-state index contributed by atoms with van der Waals surface area (Å²) in [6.07, 6.45) is 0.298. The number of aromatic hydroxyl groups is 1. The van der Waals surface area contributed by atoms with Gasteiger partial charge < -0.3 is 15.2 Å². The number of anilines is 1. The highest BCUT2D eigenvalue weighted by Crippen LogP contribution is 2.22. The summed E-state index contributed by atoms with van der Waals surface area (Å²) in [6, 6.07) is 17.9. The van der Waals surface area contributed by atoms with E-state index in [9.17, 15) is 19.1 Å². The van der Waals surface area contributed by atoms with E-state index in [1.54, 1.807) is 36.4 Å². The maximum absolute atomic E-state index is 13.2. The van der Waals surface area contributed by atoms with E-state index >= 15 is 0 Å².